The van der Waals surface area contributed by atoms with E-state index in [9.17, 15) is 9.59 Å². The van der Waals surface area contributed by atoms with Gasteiger partial charge in [0.05, 0.1) is 0 Å². The Morgan fingerprint density at radius 2 is 1.42 bits per heavy atom. The Bertz CT molecular complexity index is 1070. The Balaban J connectivity index is 2.06. The molecule has 1 aliphatic rings. The second kappa shape index (κ2) is 6.10. The number of halogens is 4. The van der Waals surface area contributed by atoms with Gasteiger partial charge in [0.2, 0.25) is 15.4 Å². The van der Waals surface area contributed by atoms with E-state index in [2.05, 4.69) is 4.98 Å². The monoisotopic (exact) mass is 424 g/mol. The van der Waals surface area contributed by atoms with Crippen molar-refractivity contribution >= 4 is 58.0 Å². The largest absolute Gasteiger partial charge is 0.289 e. The molecule has 26 heavy (non-hydrogen) atoms. The fourth-order valence-electron chi connectivity index (χ4n) is 2.95. The van der Waals surface area contributed by atoms with Gasteiger partial charge < -0.3 is 0 Å². The predicted molar refractivity (Wildman–Crippen MR) is 101 cm³/mol. The molecule has 1 aromatic heterocycles. The molecule has 0 saturated carbocycles. The molecule has 0 fully saturated rings. The summed E-state index contributed by atoms with van der Waals surface area (Å²) in [6, 6.07) is 13.1. The molecule has 4 rings (SSSR count). The van der Waals surface area contributed by atoms with E-state index in [0.29, 0.717) is 10.7 Å². The van der Waals surface area contributed by atoms with Gasteiger partial charge in [-0.1, -0.05) is 70.7 Å². The molecule has 0 saturated heterocycles. The highest BCUT2D eigenvalue weighted by Crippen LogP contribution is 2.41. The van der Waals surface area contributed by atoms with Gasteiger partial charge in [-0.3, -0.25) is 14.2 Å². The third kappa shape index (κ3) is 2.65. The lowest BCUT2D eigenvalue weighted by Gasteiger charge is -2.18. The molecule has 0 amide bonds. The van der Waals surface area contributed by atoms with E-state index in [0.717, 1.165) is 0 Å². The maximum atomic E-state index is 13.1. The zero-order chi connectivity index (χ0) is 18.6. The first-order chi connectivity index (χ1) is 12.3. The number of hydrogen-bond acceptors (Lipinski definition) is 3. The number of aromatic nitrogens is 2. The Morgan fingerprint density at radius 1 is 0.846 bits per heavy atom. The maximum absolute atomic E-state index is 13.1. The van der Waals surface area contributed by atoms with Crippen LogP contribution in [0.1, 0.15) is 37.9 Å². The molecule has 3 aromatic rings. The normalized spacial score (nSPS) is 13.5. The van der Waals surface area contributed by atoms with Crippen LogP contribution in [-0.2, 0) is 3.79 Å². The number of fused-ring (bicyclic) bond motifs is 2. The lowest BCUT2D eigenvalue weighted by molar-refractivity contribution is 0.0972. The molecule has 1 aliphatic carbocycles. The van der Waals surface area contributed by atoms with Gasteiger partial charge in [0.1, 0.15) is 11.4 Å². The lowest BCUT2D eigenvalue weighted by Crippen LogP contribution is -2.23. The minimum Gasteiger partial charge on any atom is -0.289 e. The fraction of sp³-hybridized carbons (Fsp3) is 0.0556. The summed E-state index contributed by atoms with van der Waals surface area (Å²) < 4.78 is -0.543. The van der Waals surface area contributed by atoms with Gasteiger partial charge in [-0.15, -0.1) is 0 Å². The maximum Gasteiger partial charge on any atom is 0.248 e. The van der Waals surface area contributed by atoms with Crippen LogP contribution in [0.4, 0.5) is 0 Å². The Morgan fingerprint density at radius 3 is 2.00 bits per heavy atom. The minimum atomic E-state index is -1.94. The van der Waals surface area contributed by atoms with Crippen LogP contribution in [-0.4, -0.2) is 21.1 Å². The quantitative estimate of drug-likeness (QED) is 0.397. The first-order valence-electron chi connectivity index (χ1n) is 7.43. The molecule has 0 N–H and O–H groups in total. The number of carbonyl (C=O) groups is 2. The lowest BCUT2D eigenvalue weighted by atomic mass is 9.90. The smallest absolute Gasteiger partial charge is 0.248 e. The molecule has 0 unspecified atom stereocenters. The summed E-state index contributed by atoms with van der Waals surface area (Å²) >= 11 is 24.2. The van der Waals surface area contributed by atoms with Gasteiger partial charge in [0.15, 0.2) is 5.82 Å². The van der Waals surface area contributed by atoms with E-state index < -0.39 is 9.58 Å². The van der Waals surface area contributed by atoms with Crippen molar-refractivity contribution in [1.82, 2.24) is 9.55 Å². The molecule has 0 atom stereocenters. The van der Waals surface area contributed by atoms with Crippen LogP contribution < -0.4 is 0 Å². The van der Waals surface area contributed by atoms with Gasteiger partial charge >= 0.3 is 0 Å². The number of imidazole rings is 1. The van der Waals surface area contributed by atoms with Crippen molar-refractivity contribution in [1.29, 1.82) is 0 Å². The van der Waals surface area contributed by atoms with E-state index in [1.54, 1.807) is 48.5 Å². The minimum absolute atomic E-state index is 0.0371. The average Bonchev–Trinajstić information content (AvgIpc) is 3.02. The molecule has 1 heterocycles. The average molecular weight is 426 g/mol. The van der Waals surface area contributed by atoms with Crippen molar-refractivity contribution in [2.75, 3.05) is 0 Å². The Hall–Kier alpha value is -1.85. The van der Waals surface area contributed by atoms with Crippen molar-refractivity contribution in [2.45, 2.75) is 3.79 Å². The van der Waals surface area contributed by atoms with Crippen molar-refractivity contribution < 1.29 is 9.59 Å². The van der Waals surface area contributed by atoms with Gasteiger partial charge in [0.25, 0.3) is 0 Å². The summed E-state index contributed by atoms with van der Waals surface area (Å²) in [5.74, 6) is -0.791. The highest BCUT2D eigenvalue weighted by molar-refractivity contribution is 6.66. The highest BCUT2D eigenvalue weighted by Gasteiger charge is 2.40. The highest BCUT2D eigenvalue weighted by atomic mass is 35.6. The van der Waals surface area contributed by atoms with E-state index in [4.69, 9.17) is 46.4 Å². The number of rotatable bonds is 1. The van der Waals surface area contributed by atoms with E-state index >= 15 is 0 Å². The van der Waals surface area contributed by atoms with E-state index in [1.807, 2.05) is 0 Å². The van der Waals surface area contributed by atoms with E-state index in [-0.39, 0.29) is 34.1 Å². The predicted octanol–water partition coefficient (Wildman–Crippen LogP) is 5.13. The van der Waals surface area contributed by atoms with Crippen molar-refractivity contribution in [3.05, 3.63) is 81.9 Å². The van der Waals surface area contributed by atoms with Crippen molar-refractivity contribution in [2.24, 2.45) is 0 Å². The molecule has 4 nitrogen and oxygen atoms in total. The molecule has 0 radical (unpaired) electrons. The Kier molecular flexibility index (Phi) is 4.12. The molecular formula is C18H8Cl4N2O2. The zero-order valence-electron chi connectivity index (χ0n) is 12.8. The summed E-state index contributed by atoms with van der Waals surface area (Å²) in [5.41, 5.74) is 1.10. The second-order valence-electron chi connectivity index (χ2n) is 5.65. The molecule has 0 bridgehead atoms. The van der Waals surface area contributed by atoms with Crippen LogP contribution in [0.5, 0.6) is 0 Å². The van der Waals surface area contributed by atoms with Crippen molar-refractivity contribution in [3.63, 3.8) is 0 Å². The summed E-state index contributed by atoms with van der Waals surface area (Å²) in [7, 11) is 0. The van der Waals surface area contributed by atoms with Crippen molar-refractivity contribution in [3.8, 4) is 5.69 Å². The van der Waals surface area contributed by atoms with E-state index in [1.165, 1.54) is 4.57 Å². The zero-order valence-corrected chi connectivity index (χ0v) is 15.9. The number of hydrogen-bond donors (Lipinski definition) is 0. The van der Waals surface area contributed by atoms with Crippen LogP contribution in [0.25, 0.3) is 5.69 Å². The molecule has 0 spiro atoms. The van der Waals surface area contributed by atoms with Crippen LogP contribution in [0.15, 0.2) is 48.5 Å². The standard InChI is InChI=1S/C18H8Cl4N2O2/c19-9-5-7-10(8-6-9)24-14-13(23-17(24)18(20,21)22)15(25)11-3-1-2-4-12(11)16(14)26/h1-8H. The summed E-state index contributed by atoms with van der Waals surface area (Å²) in [5, 5.41) is 0.505. The van der Waals surface area contributed by atoms with Crippen LogP contribution >= 0.6 is 46.4 Å². The SMILES string of the molecule is O=C1c2ccccc2C(=O)c2c1nc(C(Cl)(Cl)Cl)n2-c1ccc(Cl)cc1. The van der Waals surface area contributed by atoms with Crippen LogP contribution in [0, 0.1) is 0 Å². The molecule has 2 aromatic carbocycles. The first-order valence-corrected chi connectivity index (χ1v) is 8.94. The third-order valence-corrected chi connectivity index (χ3v) is 4.82. The number of nitrogens with zero attached hydrogens (tertiary/aromatic N) is 2. The molecule has 8 heteroatoms. The topological polar surface area (TPSA) is 52.0 Å². The van der Waals surface area contributed by atoms with Crippen LogP contribution in [0.3, 0.4) is 0 Å². The van der Waals surface area contributed by atoms with Gasteiger partial charge in [-0.25, -0.2) is 4.98 Å². The molecule has 130 valence electrons. The number of ketones is 2. The number of benzene rings is 2. The van der Waals surface area contributed by atoms with Gasteiger partial charge in [-0.2, -0.15) is 0 Å². The first kappa shape index (κ1) is 17.6. The molecular weight excluding hydrogens is 418 g/mol. The fourth-order valence-corrected chi connectivity index (χ4v) is 3.46. The summed E-state index contributed by atoms with van der Waals surface area (Å²) in [6.07, 6.45) is 0. The second-order valence-corrected chi connectivity index (χ2v) is 8.36. The third-order valence-electron chi connectivity index (χ3n) is 4.06. The number of carbonyl (C=O) groups excluding carboxylic acids is 2. The Labute approximate surface area is 168 Å². The van der Waals surface area contributed by atoms with Crippen LogP contribution in [0.2, 0.25) is 5.02 Å². The summed E-state index contributed by atoms with van der Waals surface area (Å²) in [4.78, 5) is 30.2. The molecule has 0 aliphatic heterocycles. The summed E-state index contributed by atoms with van der Waals surface area (Å²) in [6.45, 7) is 0. The van der Waals surface area contributed by atoms with Gasteiger partial charge in [0, 0.05) is 21.8 Å². The van der Waals surface area contributed by atoms with Gasteiger partial charge in [-0.05, 0) is 24.3 Å². The number of alkyl halides is 3.